The number of hydrogen-bond acceptors (Lipinski definition) is 8. The number of likely N-dealkylation sites (N-methyl/N-ethyl adjacent to an activating group) is 1. The number of nitrogens with zero attached hydrogens (tertiary/aromatic N) is 3. The van der Waals surface area contributed by atoms with Crippen LogP contribution in [0.3, 0.4) is 0 Å². The first-order valence-corrected chi connectivity index (χ1v) is 13.0. The number of likely N-dealkylation sites (tertiary alicyclic amines) is 1. The van der Waals surface area contributed by atoms with E-state index in [1.807, 2.05) is 11.9 Å². The minimum Gasteiger partial charge on any atom is -0.493 e. The van der Waals surface area contributed by atoms with Gasteiger partial charge in [-0.25, -0.2) is 14.4 Å². The number of halogens is 2. The average Bonchev–Trinajstić information content (AvgIpc) is 3.53. The third-order valence-corrected chi connectivity index (χ3v) is 7.78. The van der Waals surface area contributed by atoms with Crippen LogP contribution < -0.4 is 20.1 Å². The Kier molecular flexibility index (Phi) is 7.56. The van der Waals surface area contributed by atoms with Gasteiger partial charge >= 0.3 is 0 Å². The van der Waals surface area contributed by atoms with Crippen LogP contribution in [-0.2, 0) is 4.79 Å². The molecule has 1 amide bonds. The number of anilines is 2. The number of carbonyl (C=O) groups is 1. The molecule has 0 radical (unpaired) electrons. The number of hydrogen-bond donors (Lipinski definition) is 3. The van der Waals surface area contributed by atoms with Gasteiger partial charge in [-0.2, -0.15) is 0 Å². The summed E-state index contributed by atoms with van der Waals surface area (Å²) < 4.78 is 26.5. The van der Waals surface area contributed by atoms with Crippen molar-refractivity contribution >= 4 is 39.9 Å². The Morgan fingerprint density at radius 1 is 1.26 bits per heavy atom. The van der Waals surface area contributed by atoms with Crippen LogP contribution in [0.4, 0.5) is 15.9 Å². The Balaban J connectivity index is 1.37. The molecule has 1 aromatic heterocycles. The van der Waals surface area contributed by atoms with Crippen LogP contribution in [-0.4, -0.2) is 70.9 Å². The minimum absolute atomic E-state index is 0.000776. The lowest BCUT2D eigenvalue weighted by Gasteiger charge is -2.30. The highest BCUT2D eigenvalue weighted by atomic mass is 35.5. The average molecular weight is 544 g/mol. The van der Waals surface area contributed by atoms with Gasteiger partial charge in [0.25, 0.3) is 0 Å². The van der Waals surface area contributed by atoms with E-state index < -0.39 is 11.4 Å². The number of fused-ring (bicyclic) bond motifs is 1. The lowest BCUT2D eigenvalue weighted by atomic mass is 9.98. The number of aromatic nitrogens is 2. The number of ether oxygens (including phenoxy) is 2. The van der Waals surface area contributed by atoms with Gasteiger partial charge in [0.15, 0.2) is 17.3 Å². The van der Waals surface area contributed by atoms with Crippen LogP contribution >= 0.6 is 11.6 Å². The molecule has 0 unspecified atom stereocenters. The zero-order valence-corrected chi connectivity index (χ0v) is 22.1. The Hall–Kier alpha value is -3.21. The van der Waals surface area contributed by atoms with Crippen molar-refractivity contribution in [1.29, 1.82) is 0 Å². The highest BCUT2D eigenvalue weighted by Gasteiger charge is 2.41. The van der Waals surface area contributed by atoms with Crippen molar-refractivity contribution in [2.24, 2.45) is 0 Å². The van der Waals surface area contributed by atoms with E-state index in [-0.39, 0.29) is 35.4 Å². The summed E-state index contributed by atoms with van der Waals surface area (Å²) in [7, 11) is 3.43. The zero-order chi connectivity index (χ0) is 26.9. The number of aliphatic hydroxyl groups excluding tert-OH is 1. The predicted molar refractivity (Wildman–Crippen MR) is 143 cm³/mol. The third kappa shape index (κ3) is 5.21. The minimum atomic E-state index is -0.579. The number of nitrogens with one attached hydrogen (secondary N) is 2. The summed E-state index contributed by atoms with van der Waals surface area (Å²) in [6, 6.07) is 7.81. The first-order valence-electron chi connectivity index (χ1n) is 12.7. The molecule has 1 saturated heterocycles. The molecule has 38 heavy (non-hydrogen) atoms. The first kappa shape index (κ1) is 26.4. The fourth-order valence-corrected chi connectivity index (χ4v) is 5.56. The van der Waals surface area contributed by atoms with E-state index in [0.29, 0.717) is 41.2 Å². The second kappa shape index (κ2) is 10.9. The summed E-state index contributed by atoms with van der Waals surface area (Å²) in [6.45, 7) is 0.483. The molecule has 2 aromatic carbocycles. The summed E-state index contributed by atoms with van der Waals surface area (Å²) in [4.78, 5) is 23.7. The summed E-state index contributed by atoms with van der Waals surface area (Å²) >= 11 is 5.94. The second-order valence-corrected chi connectivity index (χ2v) is 10.4. The summed E-state index contributed by atoms with van der Waals surface area (Å²) in [5.74, 6) is 0.659. The van der Waals surface area contributed by atoms with Gasteiger partial charge in [0.1, 0.15) is 18.2 Å². The molecule has 2 fully saturated rings. The molecule has 0 spiro atoms. The molecule has 1 aliphatic heterocycles. The summed E-state index contributed by atoms with van der Waals surface area (Å²) in [5.41, 5.74) is 0.246. The van der Waals surface area contributed by atoms with Crippen molar-refractivity contribution in [2.75, 3.05) is 32.6 Å². The maximum absolute atomic E-state index is 14.5. The third-order valence-electron chi connectivity index (χ3n) is 7.48. The molecule has 1 aliphatic carbocycles. The molecule has 11 heteroatoms. The van der Waals surface area contributed by atoms with Gasteiger partial charge in [-0.05, 0) is 38.1 Å². The smallest absolute Gasteiger partial charge is 0.238 e. The normalized spacial score (nSPS) is 21.0. The van der Waals surface area contributed by atoms with E-state index in [1.165, 1.54) is 12.4 Å². The first-order chi connectivity index (χ1) is 18.3. The Labute approximate surface area is 225 Å². The molecular weight excluding hydrogens is 513 g/mol. The van der Waals surface area contributed by atoms with Crippen molar-refractivity contribution in [2.45, 2.75) is 49.8 Å². The number of carbonyl (C=O) groups excluding carboxylic acids is 1. The van der Waals surface area contributed by atoms with E-state index in [1.54, 1.807) is 31.4 Å². The molecule has 2 heterocycles. The maximum atomic E-state index is 14.5. The highest BCUT2D eigenvalue weighted by molar-refractivity contribution is 6.31. The van der Waals surface area contributed by atoms with Gasteiger partial charge in [0, 0.05) is 24.4 Å². The van der Waals surface area contributed by atoms with Crippen LogP contribution in [0.25, 0.3) is 10.9 Å². The Morgan fingerprint density at radius 2 is 2.05 bits per heavy atom. The molecule has 202 valence electrons. The van der Waals surface area contributed by atoms with Crippen LogP contribution in [0.1, 0.15) is 32.1 Å². The fraction of sp³-hybridized carbons (Fsp3) is 0.444. The summed E-state index contributed by atoms with van der Waals surface area (Å²) in [5, 5.41) is 16.6. The molecule has 9 nitrogen and oxygen atoms in total. The maximum Gasteiger partial charge on any atom is 0.238 e. The lowest BCUT2D eigenvalue weighted by molar-refractivity contribution is -0.127. The van der Waals surface area contributed by atoms with Gasteiger partial charge in [-0.15, -0.1) is 0 Å². The topological polar surface area (TPSA) is 109 Å². The standard InChI is InChI=1S/C27H31ClFN5O4/c1-34-13-16(10-21(34)26(36)33-27(14-35)8-3-4-9-27)38-23-11-17-20(12-22(23)37-2)30-15-31-25(17)32-19-7-5-6-18(28)24(19)29/h5-7,11-12,15-16,21,35H,3-4,8-10,13-14H2,1-2H3,(H,33,36)(H,30,31,32)/t16-,21+/m0/s1. The van der Waals surface area contributed by atoms with Gasteiger partial charge in [0.2, 0.25) is 5.91 Å². The quantitative estimate of drug-likeness (QED) is 0.390. The number of aliphatic hydroxyl groups is 1. The van der Waals surface area contributed by atoms with Gasteiger partial charge in [-0.3, -0.25) is 9.69 Å². The van der Waals surface area contributed by atoms with E-state index in [0.717, 1.165) is 25.7 Å². The van der Waals surface area contributed by atoms with Crippen LogP contribution in [0, 0.1) is 5.82 Å². The van der Waals surface area contributed by atoms with Crippen LogP contribution in [0.15, 0.2) is 36.7 Å². The molecule has 0 bridgehead atoms. The Morgan fingerprint density at radius 3 is 2.79 bits per heavy atom. The molecule has 2 aliphatic rings. The highest BCUT2D eigenvalue weighted by Crippen LogP contribution is 2.37. The van der Waals surface area contributed by atoms with Gasteiger partial charge in [-0.1, -0.05) is 30.5 Å². The van der Waals surface area contributed by atoms with Gasteiger partial charge in [0.05, 0.1) is 41.5 Å². The number of benzene rings is 2. The molecular formula is C27H31ClFN5O4. The Bertz CT molecular complexity index is 1340. The van der Waals surface area contributed by atoms with Crippen LogP contribution in [0.5, 0.6) is 11.5 Å². The van der Waals surface area contributed by atoms with Crippen molar-refractivity contribution in [3.63, 3.8) is 0 Å². The molecule has 5 rings (SSSR count). The van der Waals surface area contributed by atoms with Crippen molar-refractivity contribution < 1.29 is 23.8 Å². The van der Waals surface area contributed by atoms with Gasteiger partial charge < -0.3 is 25.2 Å². The van der Waals surface area contributed by atoms with E-state index in [9.17, 15) is 14.3 Å². The predicted octanol–water partition coefficient (Wildman–Crippen LogP) is 4.05. The second-order valence-electron chi connectivity index (χ2n) is 10.0. The number of amides is 1. The molecule has 2 atom stereocenters. The van der Waals surface area contributed by atoms with Crippen molar-refractivity contribution in [3.05, 3.63) is 47.5 Å². The van der Waals surface area contributed by atoms with Crippen LogP contribution in [0.2, 0.25) is 5.02 Å². The zero-order valence-electron chi connectivity index (χ0n) is 21.3. The number of rotatable bonds is 8. The number of methoxy groups -OCH3 is 1. The largest absolute Gasteiger partial charge is 0.493 e. The SMILES string of the molecule is COc1cc2ncnc(Nc3cccc(Cl)c3F)c2cc1O[C@H]1C[C@H](C(=O)NC2(CO)CCCC2)N(C)C1. The van der Waals surface area contributed by atoms with E-state index in [4.69, 9.17) is 21.1 Å². The molecule has 1 saturated carbocycles. The molecule has 3 N–H and O–H groups in total. The molecule has 3 aromatic rings. The monoisotopic (exact) mass is 543 g/mol. The van der Waals surface area contributed by atoms with Crippen molar-refractivity contribution in [1.82, 2.24) is 20.2 Å². The van der Waals surface area contributed by atoms with E-state index in [2.05, 4.69) is 20.6 Å². The summed E-state index contributed by atoms with van der Waals surface area (Å²) in [6.07, 6.45) is 5.16. The van der Waals surface area contributed by atoms with E-state index >= 15 is 0 Å². The lowest BCUT2D eigenvalue weighted by Crippen LogP contribution is -2.54. The van der Waals surface area contributed by atoms with Crippen molar-refractivity contribution in [3.8, 4) is 11.5 Å². The fourth-order valence-electron chi connectivity index (χ4n) is 5.39.